The first-order valence-electron chi connectivity index (χ1n) is 5.70. The summed E-state index contributed by atoms with van der Waals surface area (Å²) in [5.41, 5.74) is 1.99. The predicted octanol–water partition coefficient (Wildman–Crippen LogP) is 4.24. The Morgan fingerprint density at radius 3 is 2.61 bits per heavy atom. The molecule has 4 heteroatoms. The largest absolute Gasteiger partial charge is 0.238 e. The van der Waals surface area contributed by atoms with Crippen LogP contribution >= 0.6 is 22.5 Å². The average molecular weight is 277 g/mol. The zero-order valence-electron chi connectivity index (χ0n) is 9.92. The van der Waals surface area contributed by atoms with Crippen molar-refractivity contribution in [3.05, 3.63) is 64.1 Å². The minimum absolute atomic E-state index is 0.328. The van der Waals surface area contributed by atoms with Crippen molar-refractivity contribution in [2.24, 2.45) is 0 Å². The second-order valence-electron chi connectivity index (χ2n) is 4.09. The first kappa shape index (κ1) is 11.6. The van der Waals surface area contributed by atoms with Crippen LogP contribution in [0.15, 0.2) is 58.3 Å². The Kier molecular flexibility index (Phi) is 3.02. The van der Waals surface area contributed by atoms with Gasteiger partial charge in [-0.05, 0) is 29.9 Å². The molecule has 2 aromatic rings. The lowest BCUT2D eigenvalue weighted by Crippen LogP contribution is -1.95. The molecule has 0 bridgehead atoms. The molecule has 0 unspecified atom stereocenters. The lowest BCUT2D eigenvalue weighted by atomic mass is 10.3. The van der Waals surface area contributed by atoms with Crippen LogP contribution in [0.2, 0.25) is 5.02 Å². The molecule has 0 radical (unpaired) electrons. The van der Waals surface area contributed by atoms with Gasteiger partial charge in [0.15, 0.2) is 0 Å². The number of hydrogen-bond acceptors (Lipinski definition) is 1. The van der Waals surface area contributed by atoms with Gasteiger partial charge in [-0.25, -0.2) is 4.68 Å². The Labute approximate surface area is 114 Å². The van der Waals surface area contributed by atoms with Gasteiger partial charge in [0.25, 0.3) is 0 Å². The van der Waals surface area contributed by atoms with Gasteiger partial charge in [-0.1, -0.05) is 35.9 Å². The number of aromatic nitrogens is 2. The number of aryl methyl sites for hydroxylation is 1. The molecular formula is C14H13ClN2S. The molecule has 3 rings (SSSR count). The predicted molar refractivity (Wildman–Crippen MR) is 78.8 cm³/mol. The summed E-state index contributed by atoms with van der Waals surface area (Å²) in [6, 6.07) is 7.76. The maximum atomic E-state index is 6.20. The van der Waals surface area contributed by atoms with Gasteiger partial charge in [-0.3, -0.25) is 0 Å². The molecule has 1 aliphatic heterocycles. The van der Waals surface area contributed by atoms with Gasteiger partial charge in [0.05, 0.1) is 16.4 Å². The van der Waals surface area contributed by atoms with Crippen LogP contribution in [-0.2, 0) is 0 Å². The lowest BCUT2D eigenvalue weighted by molar-refractivity contribution is 0.863. The minimum Gasteiger partial charge on any atom is -0.238 e. The summed E-state index contributed by atoms with van der Waals surface area (Å²) < 4.78 is 1.87. The van der Waals surface area contributed by atoms with Crippen molar-refractivity contribution < 1.29 is 0 Å². The van der Waals surface area contributed by atoms with E-state index < -0.39 is 0 Å². The molecule has 92 valence electrons. The van der Waals surface area contributed by atoms with E-state index in [1.807, 2.05) is 35.9 Å². The Balaban J connectivity index is 2.05. The third kappa shape index (κ3) is 2.00. The fourth-order valence-electron chi connectivity index (χ4n) is 1.96. The summed E-state index contributed by atoms with van der Waals surface area (Å²) in [4.78, 5) is 1.29. The molecule has 2 nitrogen and oxygen atoms in total. The molecule has 1 aliphatic rings. The second kappa shape index (κ2) is 4.67. The number of nitrogens with zero attached hydrogens (tertiary/aromatic N) is 2. The summed E-state index contributed by atoms with van der Waals surface area (Å²) in [6.45, 7) is 2.05. The van der Waals surface area contributed by atoms with Crippen LogP contribution < -0.4 is 0 Å². The molecule has 0 aliphatic carbocycles. The monoisotopic (exact) mass is 276 g/mol. The van der Waals surface area contributed by atoms with Crippen LogP contribution in [0.25, 0.3) is 5.69 Å². The fraction of sp³-hybridized carbons (Fsp3) is 0.0714. The van der Waals surface area contributed by atoms with Gasteiger partial charge in [-0.2, -0.15) is 16.0 Å². The smallest absolute Gasteiger partial charge is 0.0832 e. The molecule has 0 spiro atoms. The Hall–Kier alpha value is -1.45. The molecule has 1 aromatic carbocycles. The molecule has 0 atom stereocenters. The van der Waals surface area contributed by atoms with E-state index in [-0.39, 0.29) is 10.9 Å². The highest BCUT2D eigenvalue weighted by Gasteiger charge is 2.12. The standard InChI is InChI=1S/C14H13ClN2S/c1-11-14(18-8-4-5-9-18)10-17(16-11)13-7-3-2-6-12(13)15/h2-10,18H,1H3. The van der Waals surface area contributed by atoms with Crippen molar-refractivity contribution >= 4 is 22.5 Å². The number of allylic oxidation sites excluding steroid dienone is 2. The Morgan fingerprint density at radius 2 is 1.89 bits per heavy atom. The molecule has 0 N–H and O–H groups in total. The molecule has 0 amide bonds. The van der Waals surface area contributed by atoms with Crippen molar-refractivity contribution in [2.75, 3.05) is 0 Å². The van der Waals surface area contributed by atoms with Crippen molar-refractivity contribution in [3.8, 4) is 5.69 Å². The number of thiol groups is 1. The lowest BCUT2D eigenvalue weighted by Gasteiger charge is -2.07. The summed E-state index contributed by atoms with van der Waals surface area (Å²) in [6.07, 6.45) is 6.28. The van der Waals surface area contributed by atoms with Gasteiger partial charge in [0.1, 0.15) is 0 Å². The van der Waals surface area contributed by atoms with Gasteiger partial charge in [0.2, 0.25) is 0 Å². The number of para-hydroxylation sites is 1. The highest BCUT2D eigenvalue weighted by atomic mass is 35.5. The zero-order chi connectivity index (χ0) is 12.5. The van der Waals surface area contributed by atoms with Crippen LogP contribution in [0, 0.1) is 6.92 Å². The molecule has 1 aromatic heterocycles. The third-order valence-corrected chi connectivity index (χ3v) is 5.16. The van der Waals surface area contributed by atoms with E-state index in [0.717, 1.165) is 16.4 Å². The van der Waals surface area contributed by atoms with Gasteiger partial charge in [0, 0.05) is 11.1 Å². The Morgan fingerprint density at radius 1 is 1.17 bits per heavy atom. The topological polar surface area (TPSA) is 17.8 Å². The van der Waals surface area contributed by atoms with E-state index in [0.29, 0.717) is 0 Å². The highest BCUT2D eigenvalue weighted by molar-refractivity contribution is 8.22. The molecule has 0 saturated heterocycles. The summed E-state index contributed by atoms with van der Waals surface area (Å²) in [7, 11) is -0.328. The fourth-order valence-corrected chi connectivity index (χ4v) is 3.83. The molecule has 18 heavy (non-hydrogen) atoms. The van der Waals surface area contributed by atoms with Crippen LogP contribution in [0.4, 0.5) is 0 Å². The van der Waals surface area contributed by atoms with Crippen LogP contribution in [-0.4, -0.2) is 9.78 Å². The number of benzene rings is 1. The van der Waals surface area contributed by atoms with E-state index in [1.165, 1.54) is 4.90 Å². The molecule has 0 fully saturated rings. The quantitative estimate of drug-likeness (QED) is 0.813. The van der Waals surface area contributed by atoms with Gasteiger partial charge in [-0.15, -0.1) is 0 Å². The third-order valence-electron chi connectivity index (χ3n) is 2.85. The minimum atomic E-state index is -0.328. The van der Waals surface area contributed by atoms with E-state index in [1.54, 1.807) is 0 Å². The summed E-state index contributed by atoms with van der Waals surface area (Å²) >= 11 is 6.20. The SMILES string of the molecule is Cc1nn(-c2ccccc2Cl)cc1[SH]1C=CC=C1. The average Bonchev–Trinajstić information content (AvgIpc) is 2.98. The summed E-state index contributed by atoms with van der Waals surface area (Å²) in [5, 5.41) is 9.75. The maximum Gasteiger partial charge on any atom is 0.0832 e. The van der Waals surface area contributed by atoms with Gasteiger partial charge < -0.3 is 0 Å². The summed E-state index contributed by atoms with van der Waals surface area (Å²) in [5.74, 6) is 0. The first-order valence-corrected chi connectivity index (χ1v) is 7.56. The van der Waals surface area contributed by atoms with E-state index >= 15 is 0 Å². The number of rotatable bonds is 2. The molecular weight excluding hydrogens is 264 g/mol. The molecule has 0 saturated carbocycles. The maximum absolute atomic E-state index is 6.20. The number of hydrogen-bond donors (Lipinski definition) is 1. The molecule has 2 heterocycles. The van der Waals surface area contributed by atoms with Crippen molar-refractivity contribution in [3.63, 3.8) is 0 Å². The van der Waals surface area contributed by atoms with Crippen molar-refractivity contribution in [2.45, 2.75) is 11.8 Å². The first-order chi connectivity index (χ1) is 8.75. The Bertz CT molecular complexity index is 631. The van der Waals surface area contributed by atoms with Crippen molar-refractivity contribution in [1.82, 2.24) is 9.78 Å². The zero-order valence-corrected chi connectivity index (χ0v) is 11.6. The van der Waals surface area contributed by atoms with Crippen LogP contribution in [0.1, 0.15) is 5.69 Å². The second-order valence-corrected chi connectivity index (χ2v) is 6.39. The van der Waals surface area contributed by atoms with Crippen molar-refractivity contribution in [1.29, 1.82) is 0 Å². The van der Waals surface area contributed by atoms with Crippen LogP contribution in [0.3, 0.4) is 0 Å². The van der Waals surface area contributed by atoms with Gasteiger partial charge >= 0.3 is 0 Å². The number of halogens is 1. The normalized spacial score (nSPS) is 15.6. The van der Waals surface area contributed by atoms with Crippen LogP contribution in [0.5, 0.6) is 0 Å². The van der Waals surface area contributed by atoms with E-state index in [9.17, 15) is 0 Å². The van der Waals surface area contributed by atoms with E-state index in [2.05, 4.69) is 34.3 Å². The van der Waals surface area contributed by atoms with E-state index in [4.69, 9.17) is 11.6 Å². The highest BCUT2D eigenvalue weighted by Crippen LogP contribution is 2.43.